The van der Waals surface area contributed by atoms with Crippen LogP contribution >= 0.6 is 0 Å². The molecule has 0 saturated carbocycles. The molecule has 11 heavy (non-hydrogen) atoms. The summed E-state index contributed by atoms with van der Waals surface area (Å²) in [5.74, 6) is 1.20. The van der Waals surface area contributed by atoms with E-state index in [2.05, 4.69) is 16.5 Å². The Morgan fingerprint density at radius 2 is 2.55 bits per heavy atom. The Hall–Kier alpha value is -0.830. The highest BCUT2D eigenvalue weighted by atomic mass is 15.1. The highest BCUT2D eigenvalue weighted by Crippen LogP contribution is 2.14. The molecule has 1 aliphatic rings. The average Bonchev–Trinajstić information content (AvgIpc) is 2.33. The third-order valence-electron chi connectivity index (χ3n) is 2.29. The van der Waals surface area contributed by atoms with E-state index in [1.165, 1.54) is 11.5 Å². The molecule has 0 saturated heterocycles. The molecule has 0 spiro atoms. The predicted octanol–water partition coefficient (Wildman–Crippen LogP) is 0.465. The van der Waals surface area contributed by atoms with Crippen molar-refractivity contribution < 1.29 is 0 Å². The van der Waals surface area contributed by atoms with E-state index in [1.807, 2.05) is 6.20 Å². The Morgan fingerprint density at radius 3 is 3.36 bits per heavy atom. The fourth-order valence-electron chi connectivity index (χ4n) is 1.60. The van der Waals surface area contributed by atoms with Crippen molar-refractivity contribution in [3.8, 4) is 0 Å². The van der Waals surface area contributed by atoms with Gasteiger partial charge >= 0.3 is 0 Å². The highest BCUT2D eigenvalue weighted by Gasteiger charge is 2.16. The minimum absolute atomic E-state index is 0.329. The van der Waals surface area contributed by atoms with E-state index >= 15 is 0 Å². The van der Waals surface area contributed by atoms with Crippen LogP contribution in [0, 0.1) is 6.92 Å². The molecule has 60 valence electrons. The first-order valence-electron chi connectivity index (χ1n) is 4.04. The molecule has 0 amide bonds. The molecule has 1 aromatic heterocycles. The summed E-state index contributed by atoms with van der Waals surface area (Å²) in [5.41, 5.74) is 7.06. The SMILES string of the molecule is Cc1cnc2n1CC(N)CC2. The molecule has 0 radical (unpaired) electrons. The van der Waals surface area contributed by atoms with Gasteiger partial charge in [0.1, 0.15) is 5.82 Å². The number of hydrogen-bond donors (Lipinski definition) is 1. The Kier molecular flexibility index (Phi) is 1.46. The summed E-state index contributed by atoms with van der Waals surface area (Å²) < 4.78 is 2.22. The van der Waals surface area contributed by atoms with Crippen molar-refractivity contribution in [3.05, 3.63) is 17.7 Å². The topological polar surface area (TPSA) is 43.8 Å². The molecule has 1 aliphatic heterocycles. The van der Waals surface area contributed by atoms with Gasteiger partial charge in [0.15, 0.2) is 0 Å². The molecule has 2 rings (SSSR count). The summed E-state index contributed by atoms with van der Waals surface area (Å²) in [7, 11) is 0. The smallest absolute Gasteiger partial charge is 0.108 e. The van der Waals surface area contributed by atoms with Crippen LogP contribution in [0.4, 0.5) is 0 Å². The minimum atomic E-state index is 0.329. The van der Waals surface area contributed by atoms with E-state index in [1.54, 1.807) is 0 Å². The number of nitrogens with zero attached hydrogens (tertiary/aromatic N) is 2. The molecular weight excluding hydrogens is 138 g/mol. The van der Waals surface area contributed by atoms with E-state index in [4.69, 9.17) is 5.73 Å². The lowest BCUT2D eigenvalue weighted by Crippen LogP contribution is -2.32. The number of imidazole rings is 1. The molecule has 0 fully saturated rings. The Bertz CT molecular complexity index is 264. The Labute approximate surface area is 66.2 Å². The van der Waals surface area contributed by atoms with Crippen molar-refractivity contribution in [1.29, 1.82) is 0 Å². The number of aryl methyl sites for hydroxylation is 2. The first-order chi connectivity index (χ1) is 5.27. The van der Waals surface area contributed by atoms with E-state index in [-0.39, 0.29) is 0 Å². The van der Waals surface area contributed by atoms with Crippen LogP contribution in [0.2, 0.25) is 0 Å². The first kappa shape index (κ1) is 6.85. The van der Waals surface area contributed by atoms with E-state index in [0.717, 1.165) is 19.4 Å². The summed E-state index contributed by atoms with van der Waals surface area (Å²) in [6.07, 6.45) is 4.04. The van der Waals surface area contributed by atoms with Crippen molar-refractivity contribution >= 4 is 0 Å². The molecule has 0 aliphatic carbocycles. The molecular formula is C8H13N3. The second-order valence-corrected chi connectivity index (χ2v) is 3.23. The van der Waals surface area contributed by atoms with Crippen LogP contribution in [0.15, 0.2) is 6.20 Å². The molecule has 1 atom stereocenters. The van der Waals surface area contributed by atoms with E-state index < -0.39 is 0 Å². The van der Waals surface area contributed by atoms with E-state index in [0.29, 0.717) is 6.04 Å². The molecule has 3 nitrogen and oxygen atoms in total. The summed E-state index contributed by atoms with van der Waals surface area (Å²) >= 11 is 0. The minimum Gasteiger partial charge on any atom is -0.331 e. The summed E-state index contributed by atoms with van der Waals surface area (Å²) in [6.45, 7) is 3.02. The quantitative estimate of drug-likeness (QED) is 0.585. The van der Waals surface area contributed by atoms with Crippen LogP contribution in [0.1, 0.15) is 17.9 Å². The van der Waals surface area contributed by atoms with Gasteiger partial charge in [-0.05, 0) is 13.3 Å². The van der Waals surface area contributed by atoms with Crippen LogP contribution in [0.5, 0.6) is 0 Å². The van der Waals surface area contributed by atoms with Gasteiger partial charge < -0.3 is 10.3 Å². The van der Waals surface area contributed by atoms with Crippen LogP contribution < -0.4 is 5.73 Å². The summed E-state index contributed by atoms with van der Waals surface area (Å²) in [5, 5.41) is 0. The van der Waals surface area contributed by atoms with Crippen LogP contribution in [-0.2, 0) is 13.0 Å². The molecule has 3 heteroatoms. The van der Waals surface area contributed by atoms with Gasteiger partial charge in [-0.2, -0.15) is 0 Å². The number of fused-ring (bicyclic) bond motifs is 1. The van der Waals surface area contributed by atoms with Gasteiger partial charge in [-0.1, -0.05) is 0 Å². The number of aromatic nitrogens is 2. The van der Waals surface area contributed by atoms with Gasteiger partial charge in [0.2, 0.25) is 0 Å². The van der Waals surface area contributed by atoms with Crippen LogP contribution in [0.3, 0.4) is 0 Å². The van der Waals surface area contributed by atoms with Crippen molar-refractivity contribution in [2.24, 2.45) is 5.73 Å². The largest absolute Gasteiger partial charge is 0.331 e. The van der Waals surface area contributed by atoms with Gasteiger partial charge in [-0.25, -0.2) is 4.98 Å². The van der Waals surface area contributed by atoms with Gasteiger partial charge in [-0.3, -0.25) is 0 Å². The average molecular weight is 151 g/mol. The molecule has 1 unspecified atom stereocenters. The zero-order chi connectivity index (χ0) is 7.84. The standard InChI is InChI=1S/C8H13N3/c1-6-4-10-8-3-2-7(9)5-11(6)8/h4,7H,2-3,5,9H2,1H3. The van der Waals surface area contributed by atoms with Crippen LogP contribution in [0.25, 0.3) is 0 Å². The van der Waals surface area contributed by atoms with Crippen molar-refractivity contribution in [2.75, 3.05) is 0 Å². The van der Waals surface area contributed by atoms with Gasteiger partial charge in [0.05, 0.1) is 0 Å². The van der Waals surface area contributed by atoms with E-state index in [9.17, 15) is 0 Å². The zero-order valence-electron chi connectivity index (χ0n) is 6.75. The summed E-state index contributed by atoms with van der Waals surface area (Å²) in [6, 6.07) is 0.329. The van der Waals surface area contributed by atoms with Gasteiger partial charge in [-0.15, -0.1) is 0 Å². The fraction of sp³-hybridized carbons (Fsp3) is 0.625. The maximum absolute atomic E-state index is 5.83. The molecule has 0 aromatic carbocycles. The third-order valence-corrected chi connectivity index (χ3v) is 2.29. The number of nitrogens with two attached hydrogens (primary N) is 1. The number of hydrogen-bond acceptors (Lipinski definition) is 2. The van der Waals surface area contributed by atoms with Gasteiger partial charge in [0.25, 0.3) is 0 Å². The highest BCUT2D eigenvalue weighted by molar-refractivity contribution is 5.06. The molecule has 2 heterocycles. The lowest BCUT2D eigenvalue weighted by molar-refractivity contribution is 0.448. The normalized spacial score (nSPS) is 23.3. The van der Waals surface area contributed by atoms with Gasteiger partial charge in [0, 0.05) is 30.9 Å². The molecule has 1 aromatic rings. The fourth-order valence-corrected chi connectivity index (χ4v) is 1.60. The Balaban J connectivity index is 2.37. The monoisotopic (exact) mass is 151 g/mol. The molecule has 0 bridgehead atoms. The lowest BCUT2D eigenvalue weighted by atomic mass is 10.1. The lowest BCUT2D eigenvalue weighted by Gasteiger charge is -2.21. The third kappa shape index (κ3) is 1.05. The Morgan fingerprint density at radius 1 is 1.73 bits per heavy atom. The molecule has 2 N–H and O–H groups in total. The zero-order valence-corrected chi connectivity index (χ0v) is 6.75. The second kappa shape index (κ2) is 2.34. The van der Waals surface area contributed by atoms with Crippen molar-refractivity contribution in [2.45, 2.75) is 32.4 Å². The maximum Gasteiger partial charge on any atom is 0.108 e. The van der Waals surface area contributed by atoms with Crippen LogP contribution in [-0.4, -0.2) is 15.6 Å². The maximum atomic E-state index is 5.83. The predicted molar refractivity (Wildman–Crippen MR) is 43.3 cm³/mol. The van der Waals surface area contributed by atoms with Crippen molar-refractivity contribution in [3.63, 3.8) is 0 Å². The first-order valence-corrected chi connectivity index (χ1v) is 4.04. The number of rotatable bonds is 0. The second-order valence-electron chi connectivity index (χ2n) is 3.23. The van der Waals surface area contributed by atoms with Crippen molar-refractivity contribution in [1.82, 2.24) is 9.55 Å². The summed E-state index contributed by atoms with van der Waals surface area (Å²) in [4.78, 5) is 4.30.